The molecule has 0 aliphatic carbocycles. The van der Waals surface area contributed by atoms with Crippen LogP contribution in [-0.4, -0.2) is 42.8 Å². The van der Waals surface area contributed by atoms with E-state index in [1.807, 2.05) is 6.92 Å². The van der Waals surface area contributed by atoms with Gasteiger partial charge in [-0.25, -0.2) is 9.18 Å². The highest BCUT2D eigenvalue weighted by Gasteiger charge is 2.08. The molecule has 1 aromatic rings. The molecule has 0 aromatic heterocycles. The van der Waals surface area contributed by atoms with Crippen LogP contribution in [0.15, 0.2) is 24.3 Å². The van der Waals surface area contributed by atoms with E-state index in [0.717, 1.165) is 24.7 Å². The van der Waals surface area contributed by atoms with Crippen LogP contribution in [0.1, 0.15) is 18.1 Å². The molecule has 1 aromatic carbocycles. The number of rotatable bonds is 8. The Balaban J connectivity index is 2.89. The second-order valence-corrected chi connectivity index (χ2v) is 4.38. The van der Waals surface area contributed by atoms with Gasteiger partial charge in [0.05, 0.1) is 6.61 Å². The Labute approximate surface area is 118 Å². The second-order valence-electron chi connectivity index (χ2n) is 4.38. The summed E-state index contributed by atoms with van der Waals surface area (Å²) in [7, 11) is 1.65. The minimum Gasteiger partial charge on any atom is -0.478 e. The molecule has 0 spiro atoms. The standard InChI is InChI=1S/C15H20FNO3/c1-3-17(8-9-20-2)11-13-4-6-14(16)10-12(13)5-7-15(18)19/h4-7,10H,3,8-9,11H2,1-2H3,(H,18,19). The van der Waals surface area contributed by atoms with Crippen LogP contribution < -0.4 is 0 Å². The van der Waals surface area contributed by atoms with Gasteiger partial charge in [0.1, 0.15) is 5.82 Å². The number of nitrogens with zero attached hydrogens (tertiary/aromatic N) is 1. The molecule has 5 heteroatoms. The largest absolute Gasteiger partial charge is 0.478 e. The molecule has 0 aliphatic rings. The number of methoxy groups -OCH3 is 1. The van der Waals surface area contributed by atoms with Crippen molar-refractivity contribution in [3.05, 3.63) is 41.2 Å². The first-order valence-electron chi connectivity index (χ1n) is 6.47. The fourth-order valence-corrected chi connectivity index (χ4v) is 1.84. The van der Waals surface area contributed by atoms with E-state index in [1.165, 1.54) is 18.2 Å². The molecule has 1 N–H and O–H groups in total. The predicted octanol–water partition coefficient (Wildman–Crippen LogP) is 2.39. The van der Waals surface area contributed by atoms with Gasteiger partial charge in [0.15, 0.2) is 0 Å². The van der Waals surface area contributed by atoms with Crippen LogP contribution in [0.5, 0.6) is 0 Å². The van der Waals surface area contributed by atoms with Crippen molar-refractivity contribution in [1.29, 1.82) is 0 Å². The van der Waals surface area contributed by atoms with E-state index in [-0.39, 0.29) is 5.82 Å². The Kier molecular flexibility index (Phi) is 6.90. The highest BCUT2D eigenvalue weighted by Crippen LogP contribution is 2.15. The van der Waals surface area contributed by atoms with E-state index in [9.17, 15) is 9.18 Å². The zero-order valence-electron chi connectivity index (χ0n) is 11.8. The maximum Gasteiger partial charge on any atom is 0.328 e. The van der Waals surface area contributed by atoms with Crippen LogP contribution in [0.4, 0.5) is 4.39 Å². The smallest absolute Gasteiger partial charge is 0.328 e. The molecular weight excluding hydrogens is 261 g/mol. The van der Waals surface area contributed by atoms with Gasteiger partial charge in [0.2, 0.25) is 0 Å². The molecule has 0 saturated heterocycles. The third-order valence-electron chi connectivity index (χ3n) is 2.97. The lowest BCUT2D eigenvalue weighted by Crippen LogP contribution is -2.27. The van der Waals surface area contributed by atoms with Gasteiger partial charge < -0.3 is 9.84 Å². The molecule has 0 unspecified atom stereocenters. The van der Waals surface area contributed by atoms with E-state index in [4.69, 9.17) is 9.84 Å². The summed E-state index contributed by atoms with van der Waals surface area (Å²) in [6.07, 6.45) is 2.44. The fourth-order valence-electron chi connectivity index (χ4n) is 1.84. The summed E-state index contributed by atoms with van der Waals surface area (Å²) in [4.78, 5) is 12.7. The van der Waals surface area contributed by atoms with Crippen LogP contribution in [0.25, 0.3) is 6.08 Å². The molecule has 110 valence electrons. The van der Waals surface area contributed by atoms with Gasteiger partial charge in [-0.2, -0.15) is 0 Å². The third kappa shape index (κ3) is 5.50. The van der Waals surface area contributed by atoms with Gasteiger partial charge >= 0.3 is 5.97 Å². The van der Waals surface area contributed by atoms with E-state index in [2.05, 4.69) is 4.90 Å². The normalized spacial score (nSPS) is 11.4. The second kappa shape index (κ2) is 8.45. The van der Waals surface area contributed by atoms with Gasteiger partial charge in [-0.15, -0.1) is 0 Å². The number of ether oxygens (including phenoxy) is 1. The Bertz CT molecular complexity index is 474. The Morgan fingerprint density at radius 1 is 1.50 bits per heavy atom. The van der Waals surface area contributed by atoms with Crippen molar-refractivity contribution in [3.63, 3.8) is 0 Å². The van der Waals surface area contributed by atoms with Crippen molar-refractivity contribution < 1.29 is 19.0 Å². The summed E-state index contributed by atoms with van der Waals surface area (Å²) >= 11 is 0. The number of hydrogen-bond acceptors (Lipinski definition) is 3. The van der Waals surface area contributed by atoms with E-state index in [0.29, 0.717) is 18.7 Å². The summed E-state index contributed by atoms with van der Waals surface area (Å²) < 4.78 is 18.3. The molecule has 0 saturated carbocycles. The van der Waals surface area contributed by atoms with Gasteiger partial charge in [-0.05, 0) is 35.9 Å². The zero-order chi connectivity index (χ0) is 15.0. The number of hydrogen-bond donors (Lipinski definition) is 1. The van der Waals surface area contributed by atoms with Crippen LogP contribution in [-0.2, 0) is 16.1 Å². The van der Waals surface area contributed by atoms with Crippen molar-refractivity contribution in [1.82, 2.24) is 4.90 Å². The molecule has 0 atom stereocenters. The molecule has 1 rings (SSSR count). The maximum atomic E-state index is 13.3. The van der Waals surface area contributed by atoms with Gasteiger partial charge in [-0.1, -0.05) is 13.0 Å². The molecule has 0 aliphatic heterocycles. The number of carbonyl (C=O) groups is 1. The molecule has 0 bridgehead atoms. The van der Waals surface area contributed by atoms with Crippen LogP contribution >= 0.6 is 0 Å². The van der Waals surface area contributed by atoms with Crippen molar-refractivity contribution in [2.75, 3.05) is 26.8 Å². The average Bonchev–Trinajstić information content (AvgIpc) is 2.42. The lowest BCUT2D eigenvalue weighted by molar-refractivity contribution is -0.131. The first kappa shape index (κ1) is 16.3. The molecule has 0 heterocycles. The Morgan fingerprint density at radius 3 is 2.85 bits per heavy atom. The van der Waals surface area contributed by atoms with E-state index in [1.54, 1.807) is 13.2 Å². The Morgan fingerprint density at radius 2 is 2.25 bits per heavy atom. The van der Waals surface area contributed by atoms with Gasteiger partial charge in [0.25, 0.3) is 0 Å². The first-order chi connectivity index (χ1) is 9.56. The maximum absolute atomic E-state index is 13.3. The summed E-state index contributed by atoms with van der Waals surface area (Å²) in [6, 6.07) is 4.42. The topological polar surface area (TPSA) is 49.8 Å². The van der Waals surface area contributed by atoms with Crippen LogP contribution in [0.2, 0.25) is 0 Å². The number of carboxylic acids is 1. The third-order valence-corrected chi connectivity index (χ3v) is 2.97. The summed E-state index contributed by atoms with van der Waals surface area (Å²) in [5.74, 6) is -1.43. The first-order valence-corrected chi connectivity index (χ1v) is 6.47. The molecule has 0 amide bonds. The van der Waals surface area contributed by atoms with E-state index < -0.39 is 5.97 Å². The van der Waals surface area contributed by atoms with E-state index >= 15 is 0 Å². The van der Waals surface area contributed by atoms with Gasteiger partial charge in [-0.3, -0.25) is 4.90 Å². The van der Waals surface area contributed by atoms with Crippen LogP contribution in [0, 0.1) is 5.82 Å². The molecule has 0 radical (unpaired) electrons. The van der Waals surface area contributed by atoms with Crippen molar-refractivity contribution >= 4 is 12.0 Å². The number of halogens is 1. The van der Waals surface area contributed by atoms with Crippen LogP contribution in [0.3, 0.4) is 0 Å². The highest BCUT2D eigenvalue weighted by atomic mass is 19.1. The minimum absolute atomic E-state index is 0.376. The zero-order valence-corrected chi connectivity index (χ0v) is 11.8. The lowest BCUT2D eigenvalue weighted by atomic mass is 10.1. The van der Waals surface area contributed by atoms with Crippen molar-refractivity contribution in [3.8, 4) is 0 Å². The number of carboxylic acid groups (broad SMARTS) is 1. The Hall–Kier alpha value is -1.72. The summed E-state index contributed by atoms with van der Waals surface area (Å²) in [5.41, 5.74) is 1.48. The fraction of sp³-hybridized carbons (Fsp3) is 0.400. The summed E-state index contributed by atoms with van der Waals surface area (Å²) in [5, 5.41) is 8.67. The minimum atomic E-state index is -1.05. The molecule has 20 heavy (non-hydrogen) atoms. The predicted molar refractivity (Wildman–Crippen MR) is 75.9 cm³/mol. The van der Waals surface area contributed by atoms with Gasteiger partial charge in [0, 0.05) is 26.3 Å². The highest BCUT2D eigenvalue weighted by molar-refractivity contribution is 5.85. The lowest BCUT2D eigenvalue weighted by Gasteiger charge is -2.21. The molecule has 0 fully saturated rings. The molecule has 4 nitrogen and oxygen atoms in total. The number of aliphatic carboxylic acids is 1. The van der Waals surface area contributed by atoms with Crippen molar-refractivity contribution in [2.24, 2.45) is 0 Å². The van der Waals surface area contributed by atoms with Crippen molar-refractivity contribution in [2.45, 2.75) is 13.5 Å². The quantitative estimate of drug-likeness (QED) is 0.743. The number of benzene rings is 1. The monoisotopic (exact) mass is 281 g/mol. The SMILES string of the molecule is CCN(CCOC)Cc1ccc(F)cc1C=CC(=O)O. The average molecular weight is 281 g/mol. The molecular formula is C15H20FNO3. The summed E-state index contributed by atoms with van der Waals surface area (Å²) in [6.45, 7) is 4.88. The number of likely N-dealkylation sites (N-methyl/N-ethyl adjacent to an activating group) is 1.